The molecule has 0 radical (unpaired) electrons. The summed E-state index contributed by atoms with van der Waals surface area (Å²) >= 11 is 0. The Morgan fingerprint density at radius 3 is 2.35 bits per heavy atom. The van der Waals surface area contributed by atoms with Crippen LogP contribution in [0.4, 0.5) is 5.69 Å². The highest BCUT2D eigenvalue weighted by Gasteiger charge is 2.29. The smallest absolute Gasteiger partial charge is 0.294 e. The summed E-state index contributed by atoms with van der Waals surface area (Å²) in [6.07, 6.45) is 0.750. The zero-order valence-electron chi connectivity index (χ0n) is 14.3. The molecule has 1 rings (SSSR count). The van der Waals surface area contributed by atoms with Gasteiger partial charge in [0.2, 0.25) is 0 Å². The molecule has 1 atom stereocenters. The molecule has 0 bridgehead atoms. The minimum Gasteiger partial charge on any atom is -0.325 e. The molecule has 0 saturated heterocycles. The van der Waals surface area contributed by atoms with Crippen LogP contribution >= 0.6 is 0 Å². The van der Waals surface area contributed by atoms with E-state index in [4.69, 9.17) is 4.55 Å². The summed E-state index contributed by atoms with van der Waals surface area (Å²) in [6, 6.07) is 4.00. The summed E-state index contributed by atoms with van der Waals surface area (Å²) in [5.41, 5.74) is 1.45. The van der Waals surface area contributed by atoms with Gasteiger partial charge in [-0.3, -0.25) is 9.35 Å². The summed E-state index contributed by atoms with van der Waals surface area (Å²) < 4.78 is 32.1. The van der Waals surface area contributed by atoms with Crippen molar-refractivity contribution in [2.24, 2.45) is 0 Å². The van der Waals surface area contributed by atoms with Crippen molar-refractivity contribution in [3.8, 4) is 0 Å². The molecule has 2 N–H and O–H groups in total. The van der Waals surface area contributed by atoms with Crippen molar-refractivity contribution in [1.29, 1.82) is 0 Å². The van der Waals surface area contributed by atoms with Crippen LogP contribution in [0.15, 0.2) is 35.2 Å². The average Bonchev–Trinajstić information content (AvgIpc) is 2.38. The fourth-order valence-corrected chi connectivity index (χ4v) is 3.02. The molecule has 7 heteroatoms. The molecule has 23 heavy (non-hydrogen) atoms. The Morgan fingerprint density at radius 1 is 1.35 bits per heavy atom. The number of nitrogens with one attached hydrogen (secondary N) is 1. The molecule has 0 fully saturated rings. The Morgan fingerprint density at radius 2 is 1.91 bits per heavy atom. The van der Waals surface area contributed by atoms with Gasteiger partial charge in [0.1, 0.15) is 6.04 Å². The van der Waals surface area contributed by atoms with E-state index in [1.807, 2.05) is 28.1 Å². The minimum absolute atomic E-state index is 0.0555. The number of aryl methyl sites for hydroxylation is 1. The molecule has 1 aromatic rings. The predicted molar refractivity (Wildman–Crippen MR) is 90.9 cm³/mol. The number of carbonyl (C=O) groups is 1. The van der Waals surface area contributed by atoms with Gasteiger partial charge < -0.3 is 9.80 Å². The van der Waals surface area contributed by atoms with E-state index in [1.165, 1.54) is 18.2 Å². The van der Waals surface area contributed by atoms with E-state index in [0.717, 1.165) is 6.42 Å². The van der Waals surface area contributed by atoms with Gasteiger partial charge in [-0.05, 0) is 24.6 Å². The van der Waals surface area contributed by atoms with Crippen molar-refractivity contribution in [3.63, 3.8) is 0 Å². The van der Waals surface area contributed by atoms with Crippen LogP contribution in [-0.4, -0.2) is 50.5 Å². The van der Waals surface area contributed by atoms with Crippen LogP contribution in [-0.2, 0) is 14.9 Å². The molecular weight excluding hydrogens is 316 g/mol. The summed E-state index contributed by atoms with van der Waals surface area (Å²) in [5, 5.41) is 2.69. The number of rotatable bonds is 6. The summed E-state index contributed by atoms with van der Waals surface area (Å²) in [5.74, 6) is -0.361. The lowest BCUT2D eigenvalue weighted by molar-refractivity contribution is -0.890. The molecule has 1 unspecified atom stereocenters. The lowest BCUT2D eigenvalue weighted by Gasteiger charge is -2.34. The maximum atomic E-state index is 12.4. The Bertz CT molecular complexity index is 718. The normalized spacial score (nSPS) is 13.5. The lowest BCUT2D eigenvalue weighted by atomic mass is 10.0. The summed E-state index contributed by atoms with van der Waals surface area (Å²) in [4.78, 5) is 12.2. The van der Waals surface area contributed by atoms with Crippen LogP contribution < -0.4 is 5.32 Å². The van der Waals surface area contributed by atoms with Crippen molar-refractivity contribution in [2.45, 2.75) is 31.2 Å². The van der Waals surface area contributed by atoms with Gasteiger partial charge in [-0.25, -0.2) is 0 Å². The van der Waals surface area contributed by atoms with Crippen LogP contribution in [0.2, 0.25) is 0 Å². The summed E-state index contributed by atoms with van der Waals surface area (Å²) in [7, 11) is 1.63. The highest BCUT2D eigenvalue weighted by atomic mass is 32.2. The fourth-order valence-electron chi connectivity index (χ4n) is 2.51. The van der Waals surface area contributed by atoms with E-state index < -0.39 is 10.1 Å². The second kappa shape index (κ2) is 6.82. The molecule has 0 heterocycles. The van der Waals surface area contributed by atoms with Crippen molar-refractivity contribution >= 4 is 21.7 Å². The van der Waals surface area contributed by atoms with Crippen LogP contribution in [0, 0.1) is 6.92 Å². The van der Waals surface area contributed by atoms with E-state index in [0.29, 0.717) is 21.3 Å². The molecule has 0 aliphatic carbocycles. The van der Waals surface area contributed by atoms with Crippen molar-refractivity contribution < 1.29 is 22.2 Å². The van der Waals surface area contributed by atoms with Crippen molar-refractivity contribution in [2.75, 3.05) is 26.5 Å². The predicted octanol–water partition coefficient (Wildman–Crippen LogP) is 2.22. The van der Waals surface area contributed by atoms with Gasteiger partial charge >= 0.3 is 0 Å². The Balaban J connectivity index is 3.08. The maximum absolute atomic E-state index is 12.4. The number of amides is 1. The van der Waals surface area contributed by atoms with Gasteiger partial charge in [-0.2, -0.15) is 8.42 Å². The third kappa shape index (κ3) is 4.89. The first-order valence-electron chi connectivity index (χ1n) is 7.27. The second-order valence-corrected chi connectivity index (χ2v) is 7.89. The van der Waals surface area contributed by atoms with Gasteiger partial charge in [0.25, 0.3) is 16.0 Å². The Hall–Kier alpha value is -1.70. The molecule has 6 nitrogen and oxygen atoms in total. The number of carbonyl (C=O) groups excluding carboxylic acids is 1. The molecule has 1 aromatic carbocycles. The molecule has 0 spiro atoms. The third-order valence-corrected chi connectivity index (χ3v) is 4.62. The van der Waals surface area contributed by atoms with E-state index in [9.17, 15) is 13.2 Å². The van der Waals surface area contributed by atoms with Crippen LogP contribution in [0.25, 0.3) is 0 Å². The van der Waals surface area contributed by atoms with Gasteiger partial charge in [-0.1, -0.05) is 19.6 Å². The lowest BCUT2D eigenvalue weighted by Crippen LogP contribution is -2.47. The second-order valence-electron chi connectivity index (χ2n) is 6.47. The highest BCUT2D eigenvalue weighted by Crippen LogP contribution is 2.22. The highest BCUT2D eigenvalue weighted by molar-refractivity contribution is 7.85. The number of quaternary nitrogens is 1. The zero-order chi connectivity index (χ0) is 18.0. The molecule has 128 valence electrons. The molecule has 1 amide bonds. The molecular formula is C16H25N2O4S+. The third-order valence-electron chi connectivity index (χ3n) is 3.77. The van der Waals surface area contributed by atoms with Crippen molar-refractivity contribution in [3.05, 3.63) is 35.9 Å². The maximum Gasteiger partial charge on any atom is 0.294 e. The van der Waals surface area contributed by atoms with Crippen LogP contribution in [0.1, 0.15) is 18.9 Å². The van der Waals surface area contributed by atoms with E-state index in [-0.39, 0.29) is 16.8 Å². The van der Waals surface area contributed by atoms with Gasteiger partial charge in [-0.15, -0.1) is 0 Å². The van der Waals surface area contributed by atoms with Crippen LogP contribution in [0.3, 0.4) is 0 Å². The average molecular weight is 341 g/mol. The van der Waals surface area contributed by atoms with Gasteiger partial charge in [0.15, 0.2) is 0 Å². The van der Waals surface area contributed by atoms with E-state index in [1.54, 1.807) is 6.92 Å². The topological polar surface area (TPSA) is 83.5 Å². The number of benzene rings is 1. The van der Waals surface area contributed by atoms with E-state index >= 15 is 0 Å². The first-order chi connectivity index (χ1) is 10.4. The first kappa shape index (κ1) is 19.3. The zero-order valence-corrected chi connectivity index (χ0v) is 15.1. The molecule has 0 saturated carbocycles. The van der Waals surface area contributed by atoms with Gasteiger partial charge in [0, 0.05) is 12.1 Å². The van der Waals surface area contributed by atoms with Crippen LogP contribution in [0.5, 0.6) is 0 Å². The van der Waals surface area contributed by atoms with Crippen molar-refractivity contribution in [1.82, 2.24) is 0 Å². The standard InChI is InChI=1S/C16H24N2O4S/c1-7-15(18(4,5)6)12(3)16(19)17-14-10-13(23(20,21)22)9-8-11(14)2/h8-10,15H,3,7H2,1-2,4-6H3,(H-,17,19,20,21,22)/p+1. The van der Waals surface area contributed by atoms with Gasteiger partial charge in [0.05, 0.1) is 31.6 Å². The monoisotopic (exact) mass is 341 g/mol. The number of nitrogens with zero attached hydrogens (tertiary/aromatic N) is 1. The quantitative estimate of drug-likeness (QED) is 0.472. The number of anilines is 1. The number of hydrogen-bond acceptors (Lipinski definition) is 3. The molecule has 0 aliphatic rings. The SMILES string of the molecule is C=C(C(=O)Nc1cc(S(=O)(=O)O)ccc1C)C(CC)[N+](C)(C)C. The largest absolute Gasteiger partial charge is 0.325 e. The van der Waals surface area contributed by atoms with E-state index in [2.05, 4.69) is 11.9 Å². The minimum atomic E-state index is -4.32. The number of hydrogen-bond donors (Lipinski definition) is 2. The Labute approximate surface area is 138 Å². The molecule has 0 aromatic heterocycles. The summed E-state index contributed by atoms with van der Waals surface area (Å²) in [6.45, 7) is 7.62. The first-order valence-corrected chi connectivity index (χ1v) is 8.71. The fraction of sp³-hybridized carbons (Fsp3) is 0.438. The molecule has 0 aliphatic heterocycles. The number of likely N-dealkylation sites (N-methyl/N-ethyl adjacent to an activating group) is 1. The Kier molecular flexibility index (Phi) is 5.74.